The molecule has 3 heteroatoms. The first-order valence-electron chi connectivity index (χ1n) is 7.47. The highest BCUT2D eigenvalue weighted by Gasteiger charge is 2.14. The lowest BCUT2D eigenvalue weighted by Gasteiger charge is -2.21. The van der Waals surface area contributed by atoms with Crippen LogP contribution in [0.15, 0.2) is 0 Å². The maximum Gasteiger partial charge on any atom is 0.220 e. The van der Waals surface area contributed by atoms with Gasteiger partial charge < -0.3 is 5.32 Å². The van der Waals surface area contributed by atoms with E-state index in [1.165, 1.54) is 32.1 Å². The fourth-order valence-corrected chi connectivity index (χ4v) is 2.53. The van der Waals surface area contributed by atoms with Crippen LogP contribution in [0.2, 0.25) is 0 Å². The summed E-state index contributed by atoms with van der Waals surface area (Å²) in [7, 11) is 0. The number of amides is 1. The van der Waals surface area contributed by atoms with Gasteiger partial charge in [0.05, 0.1) is 0 Å². The Morgan fingerprint density at radius 1 is 1.11 bits per heavy atom. The number of hydrogen-bond donors (Lipinski definition) is 1. The molecule has 1 amide bonds. The van der Waals surface area contributed by atoms with Crippen molar-refractivity contribution in [3.8, 4) is 0 Å². The average Bonchev–Trinajstić information content (AvgIpc) is 2.33. The summed E-state index contributed by atoms with van der Waals surface area (Å²) in [5, 5.41) is 4.10. The Balaban J connectivity index is 3.62. The van der Waals surface area contributed by atoms with Crippen LogP contribution in [0.1, 0.15) is 72.1 Å². The Morgan fingerprint density at radius 3 is 2.28 bits per heavy atom. The van der Waals surface area contributed by atoms with Crippen molar-refractivity contribution >= 4 is 21.8 Å². The summed E-state index contributed by atoms with van der Waals surface area (Å²) in [5.74, 6) is 0.737. The second-order valence-corrected chi connectivity index (χ2v) is 6.21. The molecule has 0 radical (unpaired) electrons. The molecule has 0 aliphatic carbocycles. The Hall–Kier alpha value is -0.0500. The molecular formula is C15H30BrNO. The first kappa shape index (κ1) is 17.9. The summed E-state index contributed by atoms with van der Waals surface area (Å²) in [6.07, 6.45) is 9.13. The molecule has 0 bridgehead atoms. The zero-order valence-corrected chi connectivity index (χ0v) is 13.9. The van der Waals surface area contributed by atoms with E-state index >= 15 is 0 Å². The molecule has 0 heterocycles. The average molecular weight is 320 g/mol. The first-order chi connectivity index (χ1) is 8.61. The van der Waals surface area contributed by atoms with Gasteiger partial charge in [-0.25, -0.2) is 0 Å². The highest BCUT2D eigenvalue weighted by molar-refractivity contribution is 9.09. The third-order valence-electron chi connectivity index (χ3n) is 3.33. The van der Waals surface area contributed by atoms with E-state index < -0.39 is 0 Å². The Kier molecular flexibility index (Phi) is 12.0. The monoisotopic (exact) mass is 319 g/mol. The molecule has 1 atom stereocenters. The predicted octanol–water partition coefficient (Wildman–Crippen LogP) is 4.66. The summed E-state index contributed by atoms with van der Waals surface area (Å²) < 4.78 is 0. The predicted molar refractivity (Wildman–Crippen MR) is 83.2 cm³/mol. The molecule has 18 heavy (non-hydrogen) atoms. The summed E-state index contributed by atoms with van der Waals surface area (Å²) in [5.41, 5.74) is 0. The van der Waals surface area contributed by atoms with Crippen LogP contribution >= 0.6 is 15.9 Å². The molecule has 1 unspecified atom stereocenters. The van der Waals surface area contributed by atoms with Gasteiger partial charge in [-0.3, -0.25) is 4.79 Å². The van der Waals surface area contributed by atoms with Crippen molar-refractivity contribution in [2.24, 2.45) is 5.92 Å². The van der Waals surface area contributed by atoms with Crippen molar-refractivity contribution in [1.29, 1.82) is 0 Å². The maximum absolute atomic E-state index is 11.8. The second kappa shape index (κ2) is 12.0. The number of carbonyl (C=O) groups excluding carboxylic acids is 1. The lowest BCUT2D eigenvalue weighted by molar-refractivity contribution is -0.122. The van der Waals surface area contributed by atoms with Gasteiger partial charge in [0.25, 0.3) is 0 Å². The molecule has 0 fully saturated rings. The summed E-state index contributed by atoms with van der Waals surface area (Å²) in [4.78, 5) is 11.8. The van der Waals surface area contributed by atoms with Crippen LogP contribution in [0.3, 0.4) is 0 Å². The van der Waals surface area contributed by atoms with E-state index in [1.54, 1.807) is 0 Å². The number of rotatable bonds is 11. The van der Waals surface area contributed by atoms with Crippen LogP contribution < -0.4 is 5.32 Å². The molecule has 0 aromatic heterocycles. The van der Waals surface area contributed by atoms with Gasteiger partial charge in [-0.2, -0.15) is 0 Å². The number of unbranched alkanes of at least 4 members (excludes halogenated alkanes) is 5. The zero-order chi connectivity index (χ0) is 13.8. The minimum atomic E-state index is 0.227. The van der Waals surface area contributed by atoms with Crippen LogP contribution in [0.4, 0.5) is 0 Å². The minimum Gasteiger partial charge on any atom is -0.353 e. The smallest absolute Gasteiger partial charge is 0.220 e. The molecule has 0 saturated heterocycles. The topological polar surface area (TPSA) is 29.1 Å². The van der Waals surface area contributed by atoms with Gasteiger partial charge in [0, 0.05) is 17.8 Å². The Labute approximate surface area is 121 Å². The zero-order valence-electron chi connectivity index (χ0n) is 12.3. The number of halogens is 1. The Morgan fingerprint density at radius 2 is 1.72 bits per heavy atom. The molecular weight excluding hydrogens is 290 g/mol. The van der Waals surface area contributed by atoms with Gasteiger partial charge in [0.15, 0.2) is 0 Å². The third kappa shape index (κ3) is 9.93. The molecule has 108 valence electrons. The van der Waals surface area contributed by atoms with Crippen molar-refractivity contribution in [3.05, 3.63) is 0 Å². The van der Waals surface area contributed by atoms with E-state index in [0.717, 1.165) is 18.2 Å². The SMILES string of the molecule is CCCCCCCCC(=O)NC(CCBr)C(C)C. The van der Waals surface area contributed by atoms with Crippen LogP contribution in [-0.4, -0.2) is 17.3 Å². The number of alkyl halides is 1. The van der Waals surface area contributed by atoms with E-state index in [-0.39, 0.29) is 5.91 Å². The largest absolute Gasteiger partial charge is 0.353 e. The lowest BCUT2D eigenvalue weighted by atomic mass is 10.0. The summed E-state index contributed by atoms with van der Waals surface area (Å²) in [6, 6.07) is 0.317. The van der Waals surface area contributed by atoms with Gasteiger partial charge in [-0.15, -0.1) is 0 Å². The van der Waals surface area contributed by atoms with Crippen LogP contribution in [-0.2, 0) is 4.79 Å². The summed E-state index contributed by atoms with van der Waals surface area (Å²) >= 11 is 3.44. The molecule has 0 rings (SSSR count). The van der Waals surface area contributed by atoms with Crippen molar-refractivity contribution in [1.82, 2.24) is 5.32 Å². The van der Waals surface area contributed by atoms with Gasteiger partial charge in [0.1, 0.15) is 0 Å². The molecule has 0 saturated carbocycles. The number of hydrogen-bond acceptors (Lipinski definition) is 1. The van der Waals surface area contributed by atoms with Crippen molar-refractivity contribution in [2.75, 3.05) is 5.33 Å². The lowest BCUT2D eigenvalue weighted by Crippen LogP contribution is -2.38. The minimum absolute atomic E-state index is 0.227. The van der Waals surface area contributed by atoms with Crippen LogP contribution in [0.25, 0.3) is 0 Å². The molecule has 0 aliphatic heterocycles. The maximum atomic E-state index is 11.8. The normalized spacial score (nSPS) is 12.7. The van der Waals surface area contributed by atoms with Gasteiger partial charge in [0.2, 0.25) is 5.91 Å². The number of carbonyl (C=O) groups is 1. The molecule has 1 N–H and O–H groups in total. The van der Waals surface area contributed by atoms with Crippen LogP contribution in [0.5, 0.6) is 0 Å². The van der Waals surface area contributed by atoms with Gasteiger partial charge in [-0.1, -0.05) is 68.8 Å². The van der Waals surface area contributed by atoms with Crippen molar-refractivity contribution in [2.45, 2.75) is 78.2 Å². The number of nitrogens with one attached hydrogen (secondary N) is 1. The van der Waals surface area contributed by atoms with Crippen molar-refractivity contribution < 1.29 is 4.79 Å². The molecule has 0 aromatic rings. The Bertz CT molecular complexity index is 207. The first-order valence-corrected chi connectivity index (χ1v) is 8.59. The molecule has 2 nitrogen and oxygen atoms in total. The quantitative estimate of drug-likeness (QED) is 0.435. The summed E-state index contributed by atoms with van der Waals surface area (Å²) in [6.45, 7) is 6.56. The molecule has 0 aliphatic rings. The van der Waals surface area contributed by atoms with E-state index in [4.69, 9.17) is 0 Å². The van der Waals surface area contributed by atoms with E-state index in [1.807, 2.05) is 0 Å². The molecule has 0 spiro atoms. The molecule has 0 aromatic carbocycles. The van der Waals surface area contributed by atoms with E-state index in [0.29, 0.717) is 18.4 Å². The van der Waals surface area contributed by atoms with E-state index in [9.17, 15) is 4.79 Å². The van der Waals surface area contributed by atoms with E-state index in [2.05, 4.69) is 42.0 Å². The van der Waals surface area contributed by atoms with Gasteiger partial charge >= 0.3 is 0 Å². The fourth-order valence-electron chi connectivity index (χ4n) is 2.03. The highest BCUT2D eigenvalue weighted by atomic mass is 79.9. The fraction of sp³-hybridized carbons (Fsp3) is 0.933. The van der Waals surface area contributed by atoms with Gasteiger partial charge in [-0.05, 0) is 18.8 Å². The highest BCUT2D eigenvalue weighted by Crippen LogP contribution is 2.10. The second-order valence-electron chi connectivity index (χ2n) is 5.41. The van der Waals surface area contributed by atoms with Crippen LogP contribution in [0, 0.1) is 5.92 Å². The standard InChI is InChI=1S/C15H30BrNO/c1-4-5-6-7-8-9-10-15(18)17-14(11-12-16)13(2)3/h13-14H,4-12H2,1-3H3,(H,17,18). The third-order valence-corrected chi connectivity index (χ3v) is 3.79. The van der Waals surface area contributed by atoms with Crippen molar-refractivity contribution in [3.63, 3.8) is 0 Å².